The van der Waals surface area contributed by atoms with E-state index in [0.717, 1.165) is 26.2 Å². The summed E-state index contributed by atoms with van der Waals surface area (Å²) in [4.78, 5) is 33.2. The van der Waals surface area contributed by atoms with Gasteiger partial charge in [0.2, 0.25) is 5.91 Å². The van der Waals surface area contributed by atoms with Crippen molar-refractivity contribution in [3.8, 4) is 0 Å². The van der Waals surface area contributed by atoms with Crippen LogP contribution < -0.4 is 5.32 Å². The van der Waals surface area contributed by atoms with E-state index in [1.54, 1.807) is 18.2 Å². The summed E-state index contributed by atoms with van der Waals surface area (Å²) in [6.45, 7) is 5.66. The first-order chi connectivity index (χ1) is 15.0. The fourth-order valence-electron chi connectivity index (χ4n) is 4.88. The van der Waals surface area contributed by atoms with E-state index in [-0.39, 0.29) is 17.6 Å². The molecule has 1 saturated carbocycles. The van der Waals surface area contributed by atoms with Gasteiger partial charge in [0, 0.05) is 48.1 Å². The number of halogens is 1. The zero-order valence-electron chi connectivity index (χ0n) is 18.2. The Balaban J connectivity index is 1.45. The molecule has 0 radical (unpaired) electrons. The number of amides is 1. The van der Waals surface area contributed by atoms with Crippen LogP contribution in [-0.2, 0) is 9.53 Å². The van der Waals surface area contributed by atoms with Crippen LogP contribution in [-0.4, -0.2) is 72.0 Å². The van der Waals surface area contributed by atoms with Gasteiger partial charge in [-0.25, -0.2) is 4.79 Å². The van der Waals surface area contributed by atoms with Crippen molar-refractivity contribution in [1.82, 2.24) is 14.8 Å². The van der Waals surface area contributed by atoms with Crippen molar-refractivity contribution in [2.45, 2.75) is 51.1 Å². The number of anilines is 1. The van der Waals surface area contributed by atoms with E-state index in [1.165, 1.54) is 39.2 Å². The van der Waals surface area contributed by atoms with Gasteiger partial charge in [-0.2, -0.15) is 0 Å². The molecule has 2 aliphatic rings. The maximum Gasteiger partial charge on any atom is 0.356 e. The predicted molar refractivity (Wildman–Crippen MR) is 123 cm³/mol. The van der Waals surface area contributed by atoms with E-state index in [9.17, 15) is 9.59 Å². The Morgan fingerprint density at radius 1 is 1.16 bits per heavy atom. The van der Waals surface area contributed by atoms with Crippen molar-refractivity contribution in [1.29, 1.82) is 0 Å². The van der Waals surface area contributed by atoms with Crippen LogP contribution >= 0.6 is 11.6 Å². The standard InChI is InChI=1S/C23H31ClN4O3/c1-15(27-10-12-28(13-11-27)17-6-4-3-5-7-17)22(29)26-20-18-14-16(24)8-9-19(18)25-21(20)23(30)31-2/h8-9,14-15,17,25H,3-7,10-13H2,1-2H3,(H,26,29)/t15-/m0/s1. The number of benzene rings is 1. The highest BCUT2D eigenvalue weighted by molar-refractivity contribution is 6.31. The molecule has 8 heteroatoms. The highest BCUT2D eigenvalue weighted by Crippen LogP contribution is 2.31. The number of esters is 1. The van der Waals surface area contributed by atoms with Gasteiger partial charge in [0.15, 0.2) is 0 Å². The van der Waals surface area contributed by atoms with Gasteiger partial charge in [0.25, 0.3) is 0 Å². The van der Waals surface area contributed by atoms with Crippen molar-refractivity contribution < 1.29 is 14.3 Å². The summed E-state index contributed by atoms with van der Waals surface area (Å²) >= 11 is 6.16. The van der Waals surface area contributed by atoms with Crippen molar-refractivity contribution in [2.24, 2.45) is 0 Å². The molecule has 1 atom stereocenters. The Bertz CT molecular complexity index is 946. The lowest BCUT2D eigenvalue weighted by Crippen LogP contribution is -2.55. The minimum absolute atomic E-state index is 0.142. The molecule has 2 heterocycles. The van der Waals surface area contributed by atoms with Crippen LogP contribution in [0.5, 0.6) is 0 Å². The second-order valence-electron chi connectivity index (χ2n) is 8.59. The maximum atomic E-state index is 13.1. The molecule has 0 unspecified atom stereocenters. The van der Waals surface area contributed by atoms with Gasteiger partial charge < -0.3 is 15.0 Å². The van der Waals surface area contributed by atoms with Crippen molar-refractivity contribution in [3.63, 3.8) is 0 Å². The van der Waals surface area contributed by atoms with Crippen molar-refractivity contribution in [2.75, 3.05) is 38.6 Å². The number of fused-ring (bicyclic) bond motifs is 1. The van der Waals surface area contributed by atoms with Gasteiger partial charge in [0.05, 0.1) is 18.8 Å². The second kappa shape index (κ2) is 9.59. The molecule has 1 saturated heterocycles. The van der Waals surface area contributed by atoms with Gasteiger partial charge in [-0.05, 0) is 38.0 Å². The molecular formula is C23H31ClN4O3. The highest BCUT2D eigenvalue weighted by atomic mass is 35.5. The number of hydrogen-bond acceptors (Lipinski definition) is 5. The summed E-state index contributed by atoms with van der Waals surface area (Å²) in [5.74, 6) is -0.673. The average Bonchev–Trinajstić information content (AvgIpc) is 3.16. The quantitative estimate of drug-likeness (QED) is 0.681. The molecule has 4 rings (SSSR count). The summed E-state index contributed by atoms with van der Waals surface area (Å²) in [5.41, 5.74) is 1.36. The second-order valence-corrected chi connectivity index (χ2v) is 9.02. The lowest BCUT2D eigenvalue weighted by Gasteiger charge is -2.42. The number of aromatic nitrogens is 1. The van der Waals surface area contributed by atoms with Crippen LogP contribution in [0.25, 0.3) is 10.9 Å². The van der Waals surface area contributed by atoms with E-state index in [4.69, 9.17) is 16.3 Å². The molecule has 2 fully saturated rings. The predicted octanol–water partition coefficient (Wildman–Crippen LogP) is 3.89. The third-order valence-electron chi connectivity index (χ3n) is 6.77. The van der Waals surface area contributed by atoms with Crippen LogP contribution in [0.15, 0.2) is 18.2 Å². The number of piperazine rings is 1. The third-order valence-corrected chi connectivity index (χ3v) is 7.00. The van der Waals surface area contributed by atoms with Gasteiger partial charge in [-0.1, -0.05) is 30.9 Å². The van der Waals surface area contributed by atoms with Crippen LogP contribution in [0.3, 0.4) is 0 Å². The number of methoxy groups -OCH3 is 1. The molecule has 7 nitrogen and oxygen atoms in total. The summed E-state index contributed by atoms with van der Waals surface area (Å²) < 4.78 is 4.89. The SMILES string of the molecule is COC(=O)c1[nH]c2ccc(Cl)cc2c1NC(=O)[C@H](C)N1CCN(C2CCCCC2)CC1. The largest absolute Gasteiger partial charge is 0.464 e. The minimum atomic E-state index is -0.531. The van der Waals surface area contributed by atoms with Crippen LogP contribution in [0.1, 0.15) is 49.5 Å². The zero-order valence-corrected chi connectivity index (χ0v) is 19.0. The molecule has 31 heavy (non-hydrogen) atoms. The van der Waals surface area contributed by atoms with Gasteiger partial charge in [-0.3, -0.25) is 14.6 Å². The first-order valence-electron chi connectivity index (χ1n) is 11.2. The molecule has 2 aromatic rings. The molecule has 1 aromatic carbocycles. The number of nitrogens with one attached hydrogen (secondary N) is 2. The topological polar surface area (TPSA) is 77.7 Å². The number of H-pyrrole nitrogens is 1. The minimum Gasteiger partial charge on any atom is -0.464 e. The fraction of sp³-hybridized carbons (Fsp3) is 0.565. The lowest BCUT2D eigenvalue weighted by molar-refractivity contribution is -0.121. The summed E-state index contributed by atoms with van der Waals surface area (Å²) in [5, 5.41) is 4.19. The molecular weight excluding hydrogens is 416 g/mol. The fourth-order valence-corrected chi connectivity index (χ4v) is 5.05. The lowest BCUT2D eigenvalue weighted by atomic mass is 9.94. The number of ether oxygens (including phenoxy) is 1. The number of hydrogen-bond donors (Lipinski definition) is 2. The molecule has 1 amide bonds. The number of carbonyl (C=O) groups excluding carboxylic acids is 2. The smallest absolute Gasteiger partial charge is 0.356 e. The average molecular weight is 447 g/mol. The monoisotopic (exact) mass is 446 g/mol. The van der Waals surface area contributed by atoms with Crippen LogP contribution in [0.4, 0.5) is 5.69 Å². The molecule has 0 spiro atoms. The molecule has 168 valence electrons. The summed E-state index contributed by atoms with van der Waals surface area (Å²) in [7, 11) is 1.32. The maximum absolute atomic E-state index is 13.1. The van der Waals surface area contributed by atoms with E-state index in [1.807, 2.05) is 6.92 Å². The molecule has 1 aliphatic heterocycles. The van der Waals surface area contributed by atoms with Gasteiger partial charge >= 0.3 is 5.97 Å². The Morgan fingerprint density at radius 3 is 2.55 bits per heavy atom. The van der Waals surface area contributed by atoms with E-state index in [0.29, 0.717) is 27.7 Å². The van der Waals surface area contributed by atoms with E-state index in [2.05, 4.69) is 20.1 Å². The van der Waals surface area contributed by atoms with Crippen LogP contribution in [0, 0.1) is 0 Å². The van der Waals surface area contributed by atoms with Crippen molar-refractivity contribution in [3.05, 3.63) is 28.9 Å². The Kier molecular flexibility index (Phi) is 6.84. The van der Waals surface area contributed by atoms with Crippen molar-refractivity contribution >= 4 is 40.1 Å². The Hall–Kier alpha value is -2.09. The number of aromatic amines is 1. The summed E-state index contributed by atoms with van der Waals surface area (Å²) in [6.07, 6.45) is 6.63. The van der Waals surface area contributed by atoms with E-state index < -0.39 is 5.97 Å². The normalized spacial score (nSPS) is 20.0. The zero-order chi connectivity index (χ0) is 22.0. The molecule has 0 bridgehead atoms. The van der Waals surface area contributed by atoms with E-state index >= 15 is 0 Å². The Morgan fingerprint density at radius 2 is 1.87 bits per heavy atom. The molecule has 1 aliphatic carbocycles. The third kappa shape index (κ3) is 4.73. The summed E-state index contributed by atoms with van der Waals surface area (Å²) in [6, 6.07) is 5.67. The van der Waals surface area contributed by atoms with Crippen LogP contribution in [0.2, 0.25) is 5.02 Å². The Labute approximate surface area is 188 Å². The molecule has 1 aromatic heterocycles. The van der Waals surface area contributed by atoms with Gasteiger partial charge in [0.1, 0.15) is 5.69 Å². The van der Waals surface area contributed by atoms with Gasteiger partial charge in [-0.15, -0.1) is 0 Å². The number of carbonyl (C=O) groups is 2. The number of rotatable bonds is 5. The molecule has 2 N–H and O–H groups in total. The highest BCUT2D eigenvalue weighted by Gasteiger charge is 2.30. The number of nitrogens with zero attached hydrogens (tertiary/aromatic N) is 2. The first kappa shape index (κ1) is 22.1. The first-order valence-corrected chi connectivity index (χ1v) is 11.5.